The molecule has 1 N–H and O–H groups in total. The van der Waals surface area contributed by atoms with Crippen LogP contribution in [0.3, 0.4) is 0 Å². The SMILES string of the molecule is CCCCC[C@@H](c1ccc(F)cc1Br)N1CCNCC1.Cl.Cl. The second-order valence-corrected chi connectivity index (χ2v) is 6.32. The lowest BCUT2D eigenvalue weighted by atomic mass is 9.98. The molecule has 0 aromatic heterocycles. The Morgan fingerprint density at radius 3 is 2.50 bits per heavy atom. The Bertz CT molecular complexity index is 429. The summed E-state index contributed by atoms with van der Waals surface area (Å²) in [4.78, 5) is 2.53. The number of nitrogens with zero attached hydrogens (tertiary/aromatic N) is 1. The summed E-state index contributed by atoms with van der Waals surface area (Å²) in [7, 11) is 0. The molecule has 22 heavy (non-hydrogen) atoms. The fourth-order valence-electron chi connectivity index (χ4n) is 2.89. The number of piperazine rings is 1. The molecule has 1 aliphatic heterocycles. The van der Waals surface area contributed by atoms with Crippen molar-refractivity contribution in [3.05, 3.63) is 34.1 Å². The topological polar surface area (TPSA) is 15.3 Å². The average molecular weight is 416 g/mol. The fourth-order valence-corrected chi connectivity index (χ4v) is 3.50. The predicted molar refractivity (Wildman–Crippen MR) is 99.9 cm³/mol. The number of unbranched alkanes of at least 4 members (excludes halogenated alkanes) is 2. The molecule has 0 saturated carbocycles. The minimum atomic E-state index is -0.173. The van der Waals surface area contributed by atoms with Gasteiger partial charge in [0.1, 0.15) is 5.82 Å². The highest BCUT2D eigenvalue weighted by molar-refractivity contribution is 9.10. The molecule has 1 aliphatic rings. The number of nitrogens with one attached hydrogen (secondary N) is 1. The van der Waals surface area contributed by atoms with Crippen LogP contribution in [0.2, 0.25) is 0 Å². The van der Waals surface area contributed by atoms with E-state index in [9.17, 15) is 4.39 Å². The maximum absolute atomic E-state index is 13.3. The van der Waals surface area contributed by atoms with Crippen LogP contribution < -0.4 is 5.32 Å². The number of halogens is 4. The van der Waals surface area contributed by atoms with Gasteiger partial charge < -0.3 is 5.32 Å². The minimum absolute atomic E-state index is 0. The molecule has 0 unspecified atom stereocenters. The van der Waals surface area contributed by atoms with Gasteiger partial charge in [-0.2, -0.15) is 0 Å². The second-order valence-electron chi connectivity index (χ2n) is 5.46. The fraction of sp³-hybridized carbons (Fsp3) is 0.625. The Labute approximate surface area is 154 Å². The van der Waals surface area contributed by atoms with Crippen LogP contribution in [-0.2, 0) is 0 Å². The van der Waals surface area contributed by atoms with Crippen molar-refractivity contribution in [2.24, 2.45) is 0 Å². The largest absolute Gasteiger partial charge is 0.314 e. The van der Waals surface area contributed by atoms with Gasteiger partial charge in [-0.05, 0) is 24.1 Å². The summed E-state index contributed by atoms with van der Waals surface area (Å²) in [5.74, 6) is -0.173. The van der Waals surface area contributed by atoms with E-state index in [4.69, 9.17) is 0 Å². The van der Waals surface area contributed by atoms with Crippen LogP contribution in [-0.4, -0.2) is 31.1 Å². The van der Waals surface area contributed by atoms with E-state index in [2.05, 4.69) is 33.1 Å². The monoisotopic (exact) mass is 414 g/mol. The summed E-state index contributed by atoms with van der Waals surface area (Å²) in [6.45, 7) is 6.46. The van der Waals surface area contributed by atoms with Gasteiger partial charge in [0.2, 0.25) is 0 Å². The molecule has 1 aromatic carbocycles. The second kappa shape index (κ2) is 11.6. The Hall–Kier alpha value is 0.130. The Kier molecular flexibility index (Phi) is 11.7. The van der Waals surface area contributed by atoms with E-state index < -0.39 is 0 Å². The molecule has 0 aliphatic carbocycles. The molecule has 1 fully saturated rings. The third-order valence-corrected chi connectivity index (χ3v) is 4.68. The lowest BCUT2D eigenvalue weighted by molar-refractivity contribution is 0.162. The Morgan fingerprint density at radius 2 is 1.91 bits per heavy atom. The first-order valence-electron chi connectivity index (χ1n) is 7.62. The molecule has 0 bridgehead atoms. The predicted octanol–water partition coefficient (Wildman–Crippen LogP) is 4.96. The number of benzene rings is 1. The molecule has 6 heteroatoms. The molecule has 0 amide bonds. The van der Waals surface area contributed by atoms with Crippen molar-refractivity contribution < 1.29 is 4.39 Å². The van der Waals surface area contributed by atoms with Crippen molar-refractivity contribution in [2.75, 3.05) is 26.2 Å². The number of hydrogen-bond donors (Lipinski definition) is 1. The molecule has 0 radical (unpaired) electrons. The smallest absolute Gasteiger partial charge is 0.124 e. The van der Waals surface area contributed by atoms with Crippen LogP contribution in [0.25, 0.3) is 0 Å². The van der Waals surface area contributed by atoms with Crippen molar-refractivity contribution in [2.45, 2.75) is 38.6 Å². The van der Waals surface area contributed by atoms with Gasteiger partial charge in [-0.3, -0.25) is 4.90 Å². The van der Waals surface area contributed by atoms with Crippen molar-refractivity contribution >= 4 is 40.7 Å². The summed E-state index contributed by atoms with van der Waals surface area (Å²) < 4.78 is 14.2. The lowest BCUT2D eigenvalue weighted by Crippen LogP contribution is -2.45. The highest BCUT2D eigenvalue weighted by atomic mass is 79.9. The van der Waals surface area contributed by atoms with Crippen molar-refractivity contribution in [1.82, 2.24) is 10.2 Å². The first-order valence-corrected chi connectivity index (χ1v) is 8.41. The third kappa shape index (κ3) is 6.32. The first-order chi connectivity index (χ1) is 9.72. The van der Waals surface area contributed by atoms with Crippen LogP contribution in [0.5, 0.6) is 0 Å². The molecular formula is C16H26BrCl2FN2. The van der Waals surface area contributed by atoms with Crippen LogP contribution in [0.4, 0.5) is 4.39 Å². The van der Waals surface area contributed by atoms with Crippen LogP contribution in [0.1, 0.15) is 44.2 Å². The Morgan fingerprint density at radius 1 is 1.23 bits per heavy atom. The van der Waals surface area contributed by atoms with Gasteiger partial charge in [-0.1, -0.05) is 48.2 Å². The number of hydrogen-bond acceptors (Lipinski definition) is 2. The highest BCUT2D eigenvalue weighted by Gasteiger charge is 2.23. The van der Waals surface area contributed by atoms with Crippen molar-refractivity contribution in [3.8, 4) is 0 Å². The summed E-state index contributed by atoms with van der Waals surface area (Å²) in [5, 5.41) is 3.40. The third-order valence-electron chi connectivity index (χ3n) is 3.99. The van der Waals surface area contributed by atoms with Crippen molar-refractivity contribution in [1.29, 1.82) is 0 Å². The average Bonchev–Trinajstić information content (AvgIpc) is 2.46. The maximum Gasteiger partial charge on any atom is 0.124 e. The first kappa shape index (κ1) is 22.1. The summed E-state index contributed by atoms with van der Waals surface area (Å²) in [6.07, 6.45) is 4.88. The summed E-state index contributed by atoms with van der Waals surface area (Å²) >= 11 is 3.54. The van der Waals surface area contributed by atoms with Gasteiger partial charge in [-0.25, -0.2) is 4.39 Å². The normalized spacial score (nSPS) is 16.5. The maximum atomic E-state index is 13.3. The number of rotatable bonds is 6. The molecule has 1 heterocycles. The van der Waals surface area contributed by atoms with E-state index in [1.54, 1.807) is 12.1 Å². The van der Waals surface area contributed by atoms with Gasteiger partial charge in [0.25, 0.3) is 0 Å². The van der Waals surface area contributed by atoms with Crippen LogP contribution in [0, 0.1) is 5.82 Å². The van der Waals surface area contributed by atoms with E-state index in [1.165, 1.54) is 24.8 Å². The minimum Gasteiger partial charge on any atom is -0.314 e. The molecule has 1 saturated heterocycles. The summed E-state index contributed by atoms with van der Waals surface area (Å²) in [5.41, 5.74) is 1.23. The lowest BCUT2D eigenvalue weighted by Gasteiger charge is -2.36. The highest BCUT2D eigenvalue weighted by Crippen LogP contribution is 2.32. The van der Waals surface area contributed by atoms with Crippen LogP contribution >= 0.6 is 40.7 Å². The van der Waals surface area contributed by atoms with E-state index in [1.807, 2.05) is 6.07 Å². The van der Waals surface area contributed by atoms with Gasteiger partial charge in [-0.15, -0.1) is 24.8 Å². The molecule has 128 valence electrons. The van der Waals surface area contributed by atoms with E-state index in [-0.39, 0.29) is 30.6 Å². The van der Waals surface area contributed by atoms with E-state index in [0.717, 1.165) is 37.1 Å². The molecular weight excluding hydrogens is 390 g/mol. The molecule has 1 atom stereocenters. The van der Waals surface area contributed by atoms with E-state index in [0.29, 0.717) is 6.04 Å². The van der Waals surface area contributed by atoms with Gasteiger partial charge >= 0.3 is 0 Å². The van der Waals surface area contributed by atoms with E-state index >= 15 is 0 Å². The molecule has 2 rings (SSSR count). The molecule has 2 nitrogen and oxygen atoms in total. The zero-order valence-corrected chi connectivity index (χ0v) is 16.2. The zero-order valence-electron chi connectivity index (χ0n) is 13.0. The van der Waals surface area contributed by atoms with Gasteiger partial charge in [0.05, 0.1) is 0 Å². The Balaban J connectivity index is 0.00000220. The zero-order chi connectivity index (χ0) is 14.4. The summed E-state index contributed by atoms with van der Waals surface area (Å²) in [6, 6.07) is 5.51. The standard InChI is InChI=1S/C16H24BrFN2.2ClH/c1-2-3-4-5-16(20-10-8-19-9-11-20)14-7-6-13(18)12-15(14)17;;/h6-7,12,16,19H,2-5,8-11H2,1H3;2*1H/t16-;;/m0../s1. The van der Waals surface area contributed by atoms with Gasteiger partial charge in [0, 0.05) is 36.7 Å². The van der Waals surface area contributed by atoms with Gasteiger partial charge in [0.15, 0.2) is 0 Å². The van der Waals surface area contributed by atoms with Crippen LogP contribution in [0.15, 0.2) is 22.7 Å². The molecule has 0 spiro atoms. The van der Waals surface area contributed by atoms with Crippen molar-refractivity contribution in [3.63, 3.8) is 0 Å². The quantitative estimate of drug-likeness (QED) is 0.660. The molecule has 1 aromatic rings.